The van der Waals surface area contributed by atoms with E-state index < -0.39 is 12.7 Å². The average molecular weight is 386 g/mol. The van der Waals surface area contributed by atoms with E-state index in [0.717, 1.165) is 0 Å². The second-order valence-corrected chi connectivity index (χ2v) is 6.72. The van der Waals surface area contributed by atoms with E-state index in [1.807, 2.05) is 13.8 Å². The van der Waals surface area contributed by atoms with Gasteiger partial charge in [-0.3, -0.25) is 4.79 Å². The van der Waals surface area contributed by atoms with Crippen LogP contribution in [0, 0.1) is 19.8 Å². The van der Waals surface area contributed by atoms with Crippen molar-refractivity contribution in [2.24, 2.45) is 5.92 Å². The smallest absolute Gasteiger partial charge is 0.407 e. The van der Waals surface area contributed by atoms with Gasteiger partial charge in [0.1, 0.15) is 5.75 Å². The molecule has 27 heavy (non-hydrogen) atoms. The maximum absolute atomic E-state index is 12.5. The molecule has 0 aliphatic heterocycles. The first kappa shape index (κ1) is 22.7. The monoisotopic (exact) mass is 386 g/mol. The first-order valence-electron chi connectivity index (χ1n) is 8.91. The van der Waals surface area contributed by atoms with Gasteiger partial charge in [-0.1, -0.05) is 13.8 Å². The quantitative estimate of drug-likeness (QED) is 0.677. The van der Waals surface area contributed by atoms with Crippen molar-refractivity contribution in [3.63, 3.8) is 0 Å². The summed E-state index contributed by atoms with van der Waals surface area (Å²) in [6.45, 7) is 6.50. The zero-order valence-electron chi connectivity index (χ0n) is 16.4. The molecule has 0 aliphatic carbocycles. The van der Waals surface area contributed by atoms with Gasteiger partial charge in [0.2, 0.25) is 0 Å². The number of ether oxygens (including phenoxy) is 2. The predicted molar refractivity (Wildman–Crippen MR) is 98.3 cm³/mol. The molecule has 0 heterocycles. The Kier molecular flexibility index (Phi) is 8.97. The highest BCUT2D eigenvalue weighted by atomic mass is 19.3. The Labute approximate surface area is 158 Å². The Morgan fingerprint density at radius 1 is 1.15 bits per heavy atom. The minimum atomic E-state index is -2.92. The molecule has 0 fully saturated rings. The molecule has 0 spiro atoms. The van der Waals surface area contributed by atoms with Crippen LogP contribution in [0.1, 0.15) is 48.7 Å². The maximum Gasteiger partial charge on any atom is 0.407 e. The number of aryl methyl sites for hydroxylation is 2. The molecule has 6 nitrogen and oxygen atoms in total. The van der Waals surface area contributed by atoms with Gasteiger partial charge in [-0.25, -0.2) is 4.79 Å². The number of nitrogens with one attached hydrogen (secondary N) is 2. The maximum atomic E-state index is 12.5. The molecule has 2 amide bonds. The normalized spacial score (nSPS) is 12.0. The van der Waals surface area contributed by atoms with E-state index in [0.29, 0.717) is 29.0 Å². The summed E-state index contributed by atoms with van der Waals surface area (Å²) < 4.78 is 34.3. The number of amides is 2. The molecule has 1 aromatic carbocycles. The third-order valence-electron chi connectivity index (χ3n) is 3.79. The van der Waals surface area contributed by atoms with E-state index >= 15 is 0 Å². The van der Waals surface area contributed by atoms with E-state index in [9.17, 15) is 18.4 Å². The van der Waals surface area contributed by atoms with Crippen LogP contribution in [-0.2, 0) is 4.74 Å². The Morgan fingerprint density at radius 3 is 2.22 bits per heavy atom. The number of carbonyl (C=O) groups excluding carboxylic acids is 2. The summed E-state index contributed by atoms with van der Waals surface area (Å²) in [5, 5.41) is 5.50. The number of hydrogen-bond donors (Lipinski definition) is 2. The van der Waals surface area contributed by atoms with Crippen molar-refractivity contribution >= 4 is 12.0 Å². The fraction of sp³-hybridized carbons (Fsp3) is 0.579. The molecule has 0 saturated carbocycles. The van der Waals surface area contributed by atoms with Gasteiger partial charge in [-0.15, -0.1) is 0 Å². The Hall–Kier alpha value is -2.38. The molecule has 0 bridgehead atoms. The molecule has 1 aromatic rings. The van der Waals surface area contributed by atoms with E-state index in [4.69, 9.17) is 4.74 Å². The third-order valence-corrected chi connectivity index (χ3v) is 3.79. The number of alkyl halides is 2. The van der Waals surface area contributed by atoms with Crippen LogP contribution in [0.4, 0.5) is 13.6 Å². The fourth-order valence-corrected chi connectivity index (χ4v) is 2.78. The van der Waals surface area contributed by atoms with Crippen molar-refractivity contribution in [2.45, 2.75) is 53.7 Å². The fourth-order valence-electron chi connectivity index (χ4n) is 2.78. The van der Waals surface area contributed by atoms with Crippen molar-refractivity contribution in [3.8, 4) is 5.75 Å². The number of hydrogen-bond acceptors (Lipinski definition) is 4. The Bertz CT molecular complexity index is 628. The van der Waals surface area contributed by atoms with Gasteiger partial charge in [-0.2, -0.15) is 8.78 Å². The van der Waals surface area contributed by atoms with Crippen LogP contribution in [0.15, 0.2) is 12.1 Å². The van der Waals surface area contributed by atoms with Gasteiger partial charge < -0.3 is 20.1 Å². The topological polar surface area (TPSA) is 76.7 Å². The Morgan fingerprint density at radius 2 is 1.74 bits per heavy atom. The first-order chi connectivity index (χ1) is 12.6. The second kappa shape index (κ2) is 10.7. The van der Waals surface area contributed by atoms with Gasteiger partial charge in [0.25, 0.3) is 5.91 Å². The summed E-state index contributed by atoms with van der Waals surface area (Å²) >= 11 is 0. The number of benzene rings is 1. The summed E-state index contributed by atoms with van der Waals surface area (Å²) in [5.41, 5.74) is 1.23. The Balaban J connectivity index is 2.79. The van der Waals surface area contributed by atoms with Crippen molar-refractivity contribution in [1.29, 1.82) is 0 Å². The van der Waals surface area contributed by atoms with E-state index in [2.05, 4.69) is 15.4 Å². The van der Waals surface area contributed by atoms with Gasteiger partial charge in [0, 0.05) is 18.2 Å². The molecule has 1 rings (SSSR count). The lowest BCUT2D eigenvalue weighted by Crippen LogP contribution is -2.44. The number of alkyl carbamates (subject to hydrolysis) is 1. The zero-order chi connectivity index (χ0) is 20.6. The van der Waals surface area contributed by atoms with Crippen molar-refractivity contribution < 1.29 is 27.8 Å². The lowest BCUT2D eigenvalue weighted by atomic mass is 10.0. The molecule has 2 N–H and O–H groups in total. The van der Waals surface area contributed by atoms with Crippen molar-refractivity contribution in [1.82, 2.24) is 10.6 Å². The van der Waals surface area contributed by atoms with Gasteiger partial charge in [0.15, 0.2) is 0 Å². The molecule has 1 unspecified atom stereocenters. The summed E-state index contributed by atoms with van der Waals surface area (Å²) in [4.78, 5) is 24.1. The van der Waals surface area contributed by atoms with Crippen LogP contribution in [-0.4, -0.2) is 37.8 Å². The largest absolute Gasteiger partial charge is 0.450 e. The summed E-state index contributed by atoms with van der Waals surface area (Å²) in [5.74, 6) is 0.0246. The highest BCUT2D eigenvalue weighted by Crippen LogP contribution is 2.26. The molecular weight excluding hydrogens is 358 g/mol. The van der Waals surface area contributed by atoms with Crippen LogP contribution in [0.25, 0.3) is 0 Å². The first-order valence-corrected chi connectivity index (χ1v) is 8.91. The number of halogens is 2. The van der Waals surface area contributed by atoms with Gasteiger partial charge >= 0.3 is 12.7 Å². The molecule has 0 radical (unpaired) electrons. The highest BCUT2D eigenvalue weighted by molar-refractivity contribution is 5.95. The van der Waals surface area contributed by atoms with Crippen LogP contribution >= 0.6 is 0 Å². The summed E-state index contributed by atoms with van der Waals surface area (Å²) in [6.07, 6.45) is 0.135. The lowest BCUT2D eigenvalue weighted by molar-refractivity contribution is -0.0507. The molecular formula is C19H28F2N2O4. The minimum Gasteiger partial charge on any atom is -0.450 e. The second-order valence-electron chi connectivity index (χ2n) is 6.72. The third kappa shape index (κ3) is 7.80. The van der Waals surface area contributed by atoms with Crippen molar-refractivity contribution in [2.75, 3.05) is 13.2 Å². The standard InChI is InChI=1S/C19H28F2N2O4/c1-6-26-19(25)23-15(7-11(2)3)10-22-17(24)14-8-12(4)16(13(5)9-14)27-18(20)21/h8-9,11,15,18H,6-7,10H2,1-5H3,(H,22,24)(H,23,25). The molecule has 152 valence electrons. The van der Waals surface area contributed by atoms with Gasteiger partial charge in [0.05, 0.1) is 6.61 Å². The van der Waals surface area contributed by atoms with Crippen LogP contribution in [0.5, 0.6) is 5.75 Å². The molecule has 0 aromatic heterocycles. The van der Waals surface area contributed by atoms with E-state index in [1.54, 1.807) is 20.8 Å². The SMILES string of the molecule is CCOC(=O)NC(CNC(=O)c1cc(C)c(OC(F)F)c(C)c1)CC(C)C. The molecule has 0 saturated heterocycles. The predicted octanol–water partition coefficient (Wildman–Crippen LogP) is 3.80. The zero-order valence-corrected chi connectivity index (χ0v) is 16.4. The minimum absolute atomic E-state index is 0.0724. The van der Waals surface area contributed by atoms with E-state index in [-0.39, 0.29) is 30.9 Å². The number of carbonyl (C=O) groups is 2. The molecule has 8 heteroatoms. The highest BCUT2D eigenvalue weighted by Gasteiger charge is 2.18. The van der Waals surface area contributed by atoms with Crippen LogP contribution in [0.2, 0.25) is 0 Å². The van der Waals surface area contributed by atoms with Crippen LogP contribution < -0.4 is 15.4 Å². The lowest BCUT2D eigenvalue weighted by Gasteiger charge is -2.21. The summed E-state index contributed by atoms with van der Waals surface area (Å²) in [6, 6.07) is 2.71. The number of rotatable bonds is 9. The van der Waals surface area contributed by atoms with Crippen molar-refractivity contribution in [3.05, 3.63) is 28.8 Å². The van der Waals surface area contributed by atoms with Gasteiger partial charge in [-0.05, 0) is 56.4 Å². The van der Waals surface area contributed by atoms with E-state index in [1.165, 1.54) is 12.1 Å². The van der Waals surface area contributed by atoms with Crippen LogP contribution in [0.3, 0.4) is 0 Å². The molecule has 0 aliphatic rings. The molecule has 1 atom stereocenters. The average Bonchev–Trinajstić information content (AvgIpc) is 2.55. The summed E-state index contributed by atoms with van der Waals surface area (Å²) in [7, 11) is 0.